The molecule has 2 aromatic carbocycles. The Labute approximate surface area is 228 Å². The Morgan fingerprint density at radius 1 is 1.13 bits per heavy atom. The number of hydrogen-bond acceptors (Lipinski definition) is 6. The summed E-state index contributed by atoms with van der Waals surface area (Å²) in [7, 11) is 0. The number of carbonyl (C=O) groups is 1. The van der Waals surface area contributed by atoms with Gasteiger partial charge in [-0.1, -0.05) is 55.4 Å². The first kappa shape index (κ1) is 28.0. The molecule has 4 aromatic rings. The van der Waals surface area contributed by atoms with Crippen molar-refractivity contribution in [3.05, 3.63) is 59.4 Å². The number of thioether (sulfide) groups is 1. The number of halogens is 1. The largest absolute Gasteiger partial charge is 0.353 e. The molecule has 4 rings (SSSR count). The van der Waals surface area contributed by atoms with Gasteiger partial charge in [-0.25, -0.2) is 9.37 Å². The number of amides is 1. The SMILES string of the molecule is CCN(CC)CCCC(C)NC(=O)C(C)Sc1nnc2c3cc(C)ccc3n(Cc3ccccc3F)c2n1. The molecule has 1 N–H and O–H groups in total. The zero-order valence-electron chi connectivity index (χ0n) is 22.9. The Morgan fingerprint density at radius 3 is 2.63 bits per heavy atom. The molecule has 0 saturated carbocycles. The molecular weight excluding hydrogens is 499 g/mol. The van der Waals surface area contributed by atoms with Gasteiger partial charge in [-0.05, 0) is 71.4 Å². The summed E-state index contributed by atoms with van der Waals surface area (Å²) >= 11 is 1.28. The van der Waals surface area contributed by atoms with Gasteiger partial charge in [0.2, 0.25) is 11.1 Å². The fraction of sp³-hybridized carbons (Fsp3) is 0.448. The topological polar surface area (TPSA) is 75.9 Å². The van der Waals surface area contributed by atoms with Crippen molar-refractivity contribution in [1.29, 1.82) is 0 Å². The van der Waals surface area contributed by atoms with Crippen LogP contribution in [-0.4, -0.2) is 61.5 Å². The minimum atomic E-state index is -0.383. The zero-order valence-corrected chi connectivity index (χ0v) is 23.7. The van der Waals surface area contributed by atoms with Crippen LogP contribution in [0, 0.1) is 12.7 Å². The lowest BCUT2D eigenvalue weighted by molar-refractivity contribution is -0.120. The highest BCUT2D eigenvalue weighted by Gasteiger charge is 2.21. The van der Waals surface area contributed by atoms with E-state index in [0.717, 1.165) is 48.9 Å². The third-order valence-electron chi connectivity index (χ3n) is 6.93. The van der Waals surface area contributed by atoms with Crippen molar-refractivity contribution in [2.24, 2.45) is 0 Å². The molecule has 1 amide bonds. The smallest absolute Gasteiger partial charge is 0.233 e. The lowest BCUT2D eigenvalue weighted by Crippen LogP contribution is -2.38. The summed E-state index contributed by atoms with van der Waals surface area (Å²) < 4.78 is 16.5. The zero-order chi connectivity index (χ0) is 27.2. The summed E-state index contributed by atoms with van der Waals surface area (Å²) in [6.07, 6.45) is 1.97. The van der Waals surface area contributed by atoms with Crippen LogP contribution in [0.3, 0.4) is 0 Å². The molecule has 0 bridgehead atoms. The Balaban J connectivity index is 1.52. The van der Waals surface area contributed by atoms with Crippen LogP contribution in [0.5, 0.6) is 0 Å². The molecule has 0 aliphatic heterocycles. The van der Waals surface area contributed by atoms with Gasteiger partial charge in [0, 0.05) is 17.0 Å². The molecule has 0 aliphatic rings. The van der Waals surface area contributed by atoms with Crippen LogP contribution >= 0.6 is 11.8 Å². The maximum absolute atomic E-state index is 14.5. The standard InChI is InChI=1S/C29H37FN6OS/c1-6-35(7-2)16-10-11-20(4)31-28(37)21(5)38-29-32-27-26(33-34-29)23-17-19(3)14-15-25(23)36(27)18-22-12-8-9-13-24(22)30/h8-9,12-15,17,20-21H,6-7,10-11,16,18H2,1-5H3,(H,31,37). The maximum atomic E-state index is 14.5. The predicted octanol–water partition coefficient (Wildman–Crippen LogP) is 5.58. The predicted molar refractivity (Wildman–Crippen MR) is 153 cm³/mol. The van der Waals surface area contributed by atoms with Crippen molar-refractivity contribution in [2.75, 3.05) is 19.6 Å². The third kappa shape index (κ3) is 6.50. The third-order valence-corrected chi connectivity index (χ3v) is 7.89. The van der Waals surface area contributed by atoms with Gasteiger partial charge in [-0.2, -0.15) is 0 Å². The summed E-state index contributed by atoms with van der Waals surface area (Å²) in [5.41, 5.74) is 3.89. The lowest BCUT2D eigenvalue weighted by Gasteiger charge is -2.20. The Bertz CT molecular complexity index is 1400. The molecule has 38 heavy (non-hydrogen) atoms. The van der Waals surface area contributed by atoms with Gasteiger partial charge in [0.15, 0.2) is 5.65 Å². The molecule has 0 radical (unpaired) electrons. The Kier molecular flexibility index (Phi) is 9.33. The number of benzene rings is 2. The molecule has 2 aromatic heterocycles. The van der Waals surface area contributed by atoms with Crippen LogP contribution in [-0.2, 0) is 11.3 Å². The average molecular weight is 537 g/mol. The summed E-state index contributed by atoms with van der Waals surface area (Å²) in [6, 6.07) is 12.9. The van der Waals surface area contributed by atoms with Gasteiger partial charge in [0.05, 0.1) is 17.3 Å². The highest BCUT2D eigenvalue weighted by Crippen LogP contribution is 2.30. The number of nitrogens with zero attached hydrogens (tertiary/aromatic N) is 5. The first-order chi connectivity index (χ1) is 18.3. The first-order valence-corrected chi connectivity index (χ1v) is 14.2. The monoisotopic (exact) mass is 536 g/mol. The Morgan fingerprint density at radius 2 is 1.89 bits per heavy atom. The van der Waals surface area contributed by atoms with E-state index in [1.54, 1.807) is 12.1 Å². The fourth-order valence-electron chi connectivity index (χ4n) is 4.67. The minimum Gasteiger partial charge on any atom is -0.353 e. The number of nitrogens with one attached hydrogen (secondary N) is 1. The molecule has 2 atom stereocenters. The van der Waals surface area contributed by atoms with Gasteiger partial charge in [0.1, 0.15) is 11.3 Å². The highest BCUT2D eigenvalue weighted by atomic mass is 32.2. The molecular formula is C29H37FN6OS. The molecule has 0 saturated heterocycles. The average Bonchev–Trinajstić information content (AvgIpc) is 3.19. The van der Waals surface area contributed by atoms with Crippen molar-refractivity contribution in [3.8, 4) is 0 Å². The lowest BCUT2D eigenvalue weighted by atomic mass is 10.1. The molecule has 0 aliphatic carbocycles. The second kappa shape index (κ2) is 12.7. The molecule has 2 heterocycles. The van der Waals surface area contributed by atoms with E-state index in [0.29, 0.717) is 28.4 Å². The minimum absolute atomic E-state index is 0.0449. The highest BCUT2D eigenvalue weighted by molar-refractivity contribution is 8.00. The summed E-state index contributed by atoms with van der Waals surface area (Å²) in [5, 5.41) is 12.9. The molecule has 0 spiro atoms. The van der Waals surface area contributed by atoms with Gasteiger partial charge in [-0.3, -0.25) is 4.79 Å². The number of fused-ring (bicyclic) bond motifs is 3. The van der Waals surface area contributed by atoms with Crippen molar-refractivity contribution >= 4 is 39.7 Å². The van der Waals surface area contributed by atoms with Crippen LogP contribution in [0.1, 0.15) is 51.7 Å². The van der Waals surface area contributed by atoms with Crippen molar-refractivity contribution in [1.82, 2.24) is 30.0 Å². The van der Waals surface area contributed by atoms with Crippen LogP contribution in [0.4, 0.5) is 4.39 Å². The fourth-order valence-corrected chi connectivity index (χ4v) is 5.39. The molecule has 7 nitrogen and oxygen atoms in total. The molecule has 9 heteroatoms. The second-order valence-corrected chi connectivity index (χ2v) is 11.1. The normalized spacial score (nSPS) is 13.3. The molecule has 202 valence electrons. The molecule has 2 unspecified atom stereocenters. The van der Waals surface area contributed by atoms with E-state index in [2.05, 4.69) is 40.3 Å². The molecule has 0 fully saturated rings. The van der Waals surface area contributed by atoms with E-state index in [1.807, 2.05) is 43.5 Å². The van der Waals surface area contributed by atoms with Crippen molar-refractivity contribution in [2.45, 2.75) is 70.5 Å². The first-order valence-electron chi connectivity index (χ1n) is 13.4. The maximum Gasteiger partial charge on any atom is 0.233 e. The van der Waals surface area contributed by atoms with E-state index in [4.69, 9.17) is 4.98 Å². The summed E-state index contributed by atoms with van der Waals surface area (Å²) in [6.45, 7) is 13.7. The van der Waals surface area contributed by atoms with Crippen LogP contribution in [0.25, 0.3) is 22.1 Å². The number of hydrogen-bond donors (Lipinski definition) is 1. The number of aromatic nitrogens is 4. The van der Waals surface area contributed by atoms with Gasteiger partial charge in [0.25, 0.3) is 0 Å². The Hall–Kier alpha value is -3.04. The van der Waals surface area contributed by atoms with Crippen LogP contribution in [0.15, 0.2) is 47.6 Å². The van der Waals surface area contributed by atoms with Crippen molar-refractivity contribution in [3.63, 3.8) is 0 Å². The van der Waals surface area contributed by atoms with Gasteiger partial charge >= 0.3 is 0 Å². The second-order valence-electron chi connectivity index (χ2n) is 9.80. The number of aryl methyl sites for hydroxylation is 1. The number of carbonyl (C=O) groups excluding carboxylic acids is 1. The van der Waals surface area contributed by atoms with Crippen LogP contribution < -0.4 is 5.32 Å². The summed E-state index contributed by atoms with van der Waals surface area (Å²) in [5.74, 6) is -0.306. The number of rotatable bonds is 12. The van der Waals surface area contributed by atoms with Crippen LogP contribution in [0.2, 0.25) is 0 Å². The van der Waals surface area contributed by atoms with E-state index < -0.39 is 0 Å². The van der Waals surface area contributed by atoms with E-state index in [9.17, 15) is 9.18 Å². The van der Waals surface area contributed by atoms with E-state index in [-0.39, 0.29) is 23.0 Å². The van der Waals surface area contributed by atoms with E-state index >= 15 is 0 Å². The van der Waals surface area contributed by atoms with Gasteiger partial charge < -0.3 is 14.8 Å². The quantitative estimate of drug-likeness (QED) is 0.238. The van der Waals surface area contributed by atoms with Gasteiger partial charge in [-0.15, -0.1) is 10.2 Å². The van der Waals surface area contributed by atoms with Crippen molar-refractivity contribution < 1.29 is 9.18 Å². The summed E-state index contributed by atoms with van der Waals surface area (Å²) in [4.78, 5) is 20.1. The van der Waals surface area contributed by atoms with E-state index in [1.165, 1.54) is 17.8 Å².